The van der Waals surface area contributed by atoms with E-state index in [0.717, 1.165) is 23.2 Å². The molecule has 1 aliphatic heterocycles. The van der Waals surface area contributed by atoms with Crippen molar-refractivity contribution in [3.05, 3.63) is 65.7 Å². The van der Waals surface area contributed by atoms with E-state index in [4.69, 9.17) is 0 Å². The molecule has 0 fully saturated rings. The second-order valence-corrected chi connectivity index (χ2v) is 6.02. The van der Waals surface area contributed by atoms with Gasteiger partial charge in [-0.15, -0.1) is 0 Å². The van der Waals surface area contributed by atoms with Gasteiger partial charge in [-0.05, 0) is 38.0 Å². The molecule has 2 aromatic rings. The third kappa shape index (κ3) is 2.08. The van der Waals surface area contributed by atoms with Crippen LogP contribution in [0.4, 0.5) is 5.69 Å². The van der Waals surface area contributed by atoms with Crippen molar-refractivity contribution in [3.63, 3.8) is 0 Å². The Bertz CT molecular complexity index is 681. The van der Waals surface area contributed by atoms with E-state index in [1.54, 1.807) is 0 Å². The van der Waals surface area contributed by atoms with Gasteiger partial charge < -0.3 is 10.2 Å². The maximum atomic E-state index is 13.1. The highest BCUT2D eigenvalue weighted by atomic mass is 16.2. The number of carbonyl (C=O) groups is 1. The predicted molar refractivity (Wildman–Crippen MR) is 89.8 cm³/mol. The first-order valence-electron chi connectivity index (χ1n) is 7.86. The van der Waals surface area contributed by atoms with Crippen molar-refractivity contribution < 1.29 is 4.79 Å². The normalized spacial score (nSPS) is 20.7. The van der Waals surface area contributed by atoms with Crippen LogP contribution in [-0.4, -0.2) is 16.8 Å². The van der Waals surface area contributed by atoms with E-state index in [9.17, 15) is 4.79 Å². The van der Waals surface area contributed by atoms with Gasteiger partial charge in [-0.25, -0.2) is 0 Å². The lowest BCUT2D eigenvalue weighted by molar-refractivity contribution is 0.0372. The number of anilines is 1. The van der Waals surface area contributed by atoms with Crippen LogP contribution in [0.15, 0.2) is 54.6 Å². The van der Waals surface area contributed by atoms with Gasteiger partial charge in [-0.2, -0.15) is 0 Å². The molecular formula is C19H22N2O. The number of rotatable bonds is 3. The Labute approximate surface area is 132 Å². The number of carbonyl (C=O) groups excluding carboxylic acids is 1. The van der Waals surface area contributed by atoms with Gasteiger partial charge in [0.15, 0.2) is 0 Å². The first-order valence-corrected chi connectivity index (χ1v) is 7.86. The Kier molecular flexibility index (Phi) is 3.65. The van der Waals surface area contributed by atoms with Crippen molar-refractivity contribution in [2.24, 2.45) is 0 Å². The molecule has 1 N–H and O–H groups in total. The van der Waals surface area contributed by atoms with Crippen molar-refractivity contribution in [2.75, 3.05) is 5.32 Å². The van der Waals surface area contributed by atoms with E-state index in [1.165, 1.54) is 0 Å². The van der Waals surface area contributed by atoms with E-state index < -0.39 is 5.66 Å². The molecule has 22 heavy (non-hydrogen) atoms. The largest absolute Gasteiger partial charge is 0.358 e. The summed E-state index contributed by atoms with van der Waals surface area (Å²) in [7, 11) is 0. The fourth-order valence-corrected chi connectivity index (χ4v) is 3.43. The highest BCUT2D eigenvalue weighted by molar-refractivity contribution is 6.02. The number of para-hydroxylation sites is 1. The van der Waals surface area contributed by atoms with Gasteiger partial charge >= 0.3 is 0 Å². The average molecular weight is 294 g/mol. The Morgan fingerprint density at radius 3 is 2.32 bits per heavy atom. The number of hydrogen-bond acceptors (Lipinski definition) is 2. The molecule has 1 amide bonds. The summed E-state index contributed by atoms with van der Waals surface area (Å²) in [5, 5.41) is 3.64. The Morgan fingerprint density at radius 2 is 1.68 bits per heavy atom. The minimum Gasteiger partial charge on any atom is -0.358 e. The average Bonchev–Trinajstić information content (AvgIpc) is 2.55. The lowest BCUT2D eigenvalue weighted by Crippen LogP contribution is -2.59. The van der Waals surface area contributed by atoms with E-state index >= 15 is 0 Å². The number of nitrogens with zero attached hydrogens (tertiary/aromatic N) is 1. The smallest absolute Gasteiger partial charge is 0.258 e. The van der Waals surface area contributed by atoms with Gasteiger partial charge in [-0.3, -0.25) is 4.79 Å². The molecule has 1 heterocycles. The summed E-state index contributed by atoms with van der Waals surface area (Å²) in [6.45, 7) is 6.26. The fraction of sp³-hybridized carbons (Fsp3) is 0.316. The van der Waals surface area contributed by atoms with Gasteiger partial charge in [0.25, 0.3) is 5.91 Å². The van der Waals surface area contributed by atoms with E-state index in [0.29, 0.717) is 0 Å². The van der Waals surface area contributed by atoms with Crippen LogP contribution < -0.4 is 5.32 Å². The first kappa shape index (κ1) is 14.6. The van der Waals surface area contributed by atoms with Crippen LogP contribution in [0.25, 0.3) is 0 Å². The molecule has 2 aromatic carbocycles. The highest BCUT2D eigenvalue weighted by Gasteiger charge is 2.45. The Hall–Kier alpha value is -2.29. The second-order valence-electron chi connectivity index (χ2n) is 6.02. The van der Waals surface area contributed by atoms with Crippen molar-refractivity contribution >= 4 is 11.6 Å². The summed E-state index contributed by atoms with van der Waals surface area (Å²) in [6, 6.07) is 18.1. The van der Waals surface area contributed by atoms with Crippen molar-refractivity contribution in [1.29, 1.82) is 0 Å². The zero-order valence-corrected chi connectivity index (χ0v) is 13.3. The van der Waals surface area contributed by atoms with Gasteiger partial charge in [0.05, 0.1) is 5.56 Å². The molecule has 0 aliphatic carbocycles. The van der Waals surface area contributed by atoms with Crippen molar-refractivity contribution in [2.45, 2.75) is 38.9 Å². The minimum atomic E-state index is -0.499. The summed E-state index contributed by atoms with van der Waals surface area (Å²) in [5.41, 5.74) is 2.28. The molecule has 3 nitrogen and oxygen atoms in total. The molecule has 114 valence electrons. The molecule has 0 spiro atoms. The van der Waals surface area contributed by atoms with Crippen molar-refractivity contribution in [3.8, 4) is 0 Å². The summed E-state index contributed by atoms with van der Waals surface area (Å²) in [5.74, 6) is 0.0926. The standard InChI is InChI=1S/C19H22N2O/c1-4-19(15-10-6-5-7-11-15)20-17-13-9-8-12-16(17)18(22)21(19)14(2)3/h5-14,20H,4H2,1-3H3. The van der Waals surface area contributed by atoms with Crippen LogP contribution in [0.1, 0.15) is 43.1 Å². The molecule has 1 unspecified atom stereocenters. The third-order valence-corrected chi connectivity index (χ3v) is 4.41. The molecule has 0 saturated carbocycles. The molecule has 3 heteroatoms. The molecule has 0 aromatic heterocycles. The Morgan fingerprint density at radius 1 is 1.05 bits per heavy atom. The van der Waals surface area contributed by atoms with Gasteiger partial charge in [0.1, 0.15) is 5.66 Å². The number of amides is 1. The van der Waals surface area contributed by atoms with Gasteiger partial charge in [-0.1, -0.05) is 49.4 Å². The lowest BCUT2D eigenvalue weighted by atomic mass is 9.88. The highest BCUT2D eigenvalue weighted by Crippen LogP contribution is 2.41. The monoisotopic (exact) mass is 294 g/mol. The Balaban J connectivity index is 2.22. The zero-order chi connectivity index (χ0) is 15.7. The molecule has 0 saturated heterocycles. The van der Waals surface area contributed by atoms with Crippen LogP contribution in [-0.2, 0) is 5.66 Å². The topological polar surface area (TPSA) is 32.3 Å². The lowest BCUT2D eigenvalue weighted by Gasteiger charge is -2.50. The van der Waals surface area contributed by atoms with Crippen LogP contribution in [0.2, 0.25) is 0 Å². The van der Waals surface area contributed by atoms with E-state index in [1.807, 2.05) is 47.4 Å². The van der Waals surface area contributed by atoms with Crippen molar-refractivity contribution in [1.82, 2.24) is 4.90 Å². The predicted octanol–water partition coefficient (Wildman–Crippen LogP) is 4.23. The summed E-state index contributed by atoms with van der Waals surface area (Å²) in [6.07, 6.45) is 0.801. The summed E-state index contributed by atoms with van der Waals surface area (Å²) < 4.78 is 0. The zero-order valence-electron chi connectivity index (χ0n) is 13.3. The number of fused-ring (bicyclic) bond motifs is 1. The molecule has 3 rings (SSSR count). The van der Waals surface area contributed by atoms with E-state index in [-0.39, 0.29) is 11.9 Å². The van der Waals surface area contributed by atoms with E-state index in [2.05, 4.69) is 38.2 Å². The second kappa shape index (κ2) is 5.48. The van der Waals surface area contributed by atoms with Crippen LogP contribution in [0.3, 0.4) is 0 Å². The number of benzene rings is 2. The SMILES string of the molecule is CCC1(c2ccccc2)Nc2ccccc2C(=O)N1C(C)C. The summed E-state index contributed by atoms with van der Waals surface area (Å²) in [4.78, 5) is 15.1. The molecule has 0 bridgehead atoms. The van der Waals surface area contributed by atoms with Crippen LogP contribution >= 0.6 is 0 Å². The minimum absolute atomic E-state index is 0.0926. The maximum absolute atomic E-state index is 13.1. The molecular weight excluding hydrogens is 272 g/mol. The molecule has 0 radical (unpaired) electrons. The van der Waals surface area contributed by atoms with Crippen LogP contribution in [0.5, 0.6) is 0 Å². The molecule has 1 atom stereocenters. The molecule has 1 aliphatic rings. The maximum Gasteiger partial charge on any atom is 0.258 e. The first-order chi connectivity index (χ1) is 10.6. The third-order valence-electron chi connectivity index (χ3n) is 4.41. The van der Waals surface area contributed by atoms with Crippen LogP contribution in [0, 0.1) is 0 Å². The number of hydrogen-bond donors (Lipinski definition) is 1. The van der Waals surface area contributed by atoms with Gasteiger partial charge in [0, 0.05) is 11.7 Å². The van der Waals surface area contributed by atoms with Gasteiger partial charge in [0.2, 0.25) is 0 Å². The quantitative estimate of drug-likeness (QED) is 0.919. The number of nitrogens with one attached hydrogen (secondary N) is 1. The summed E-state index contributed by atoms with van der Waals surface area (Å²) >= 11 is 0. The fourth-order valence-electron chi connectivity index (χ4n) is 3.43.